The van der Waals surface area contributed by atoms with E-state index in [4.69, 9.17) is 0 Å². The molecule has 0 saturated carbocycles. The molecule has 0 radical (unpaired) electrons. The number of amides is 1. The normalized spacial score (nSPS) is 25.2. The number of alkyl halides is 1. The van der Waals surface area contributed by atoms with Gasteiger partial charge in [0, 0.05) is 12.6 Å². The van der Waals surface area contributed by atoms with Crippen LogP contribution in [0.3, 0.4) is 0 Å². The van der Waals surface area contributed by atoms with Crippen LogP contribution in [0.4, 0.5) is 0 Å². The standard InChI is InChI=1S/C10H18BrNOS/c1-8(5-7-14-2)12-6-3-4-9(11)10(12)13/h8-9H,3-7H2,1-2H3. The van der Waals surface area contributed by atoms with Gasteiger partial charge in [-0.1, -0.05) is 15.9 Å². The molecule has 1 aliphatic heterocycles. The van der Waals surface area contributed by atoms with Crippen molar-refractivity contribution >= 4 is 33.6 Å². The Bertz CT molecular complexity index is 201. The molecule has 0 aromatic heterocycles. The van der Waals surface area contributed by atoms with Crippen LogP contribution in [0.5, 0.6) is 0 Å². The minimum absolute atomic E-state index is 0.0629. The van der Waals surface area contributed by atoms with Crippen molar-refractivity contribution in [3.63, 3.8) is 0 Å². The zero-order valence-electron chi connectivity index (χ0n) is 8.83. The Labute approximate surface area is 98.9 Å². The summed E-state index contributed by atoms with van der Waals surface area (Å²) in [5.74, 6) is 1.42. The third-order valence-electron chi connectivity index (χ3n) is 2.68. The molecular formula is C10H18BrNOS. The predicted octanol–water partition coefficient (Wildman–Crippen LogP) is 2.51. The van der Waals surface area contributed by atoms with Crippen molar-refractivity contribution in [3.05, 3.63) is 0 Å². The average Bonchev–Trinajstić information content (AvgIpc) is 2.18. The van der Waals surface area contributed by atoms with Gasteiger partial charge in [-0.15, -0.1) is 0 Å². The highest BCUT2D eigenvalue weighted by atomic mass is 79.9. The summed E-state index contributed by atoms with van der Waals surface area (Å²) in [5, 5.41) is 0. The van der Waals surface area contributed by atoms with Crippen LogP contribution in [0.2, 0.25) is 0 Å². The third-order valence-corrected chi connectivity index (χ3v) is 4.17. The Morgan fingerprint density at radius 2 is 2.43 bits per heavy atom. The van der Waals surface area contributed by atoms with Crippen molar-refractivity contribution in [1.82, 2.24) is 4.90 Å². The van der Waals surface area contributed by atoms with Crippen molar-refractivity contribution in [1.29, 1.82) is 0 Å². The molecule has 1 saturated heterocycles. The van der Waals surface area contributed by atoms with Crippen molar-refractivity contribution in [3.8, 4) is 0 Å². The second-order valence-corrected chi connectivity index (χ2v) is 5.86. The molecule has 4 heteroatoms. The molecule has 0 N–H and O–H groups in total. The zero-order valence-corrected chi connectivity index (χ0v) is 11.2. The van der Waals surface area contributed by atoms with Crippen LogP contribution in [0.1, 0.15) is 26.2 Å². The van der Waals surface area contributed by atoms with E-state index in [1.165, 1.54) is 0 Å². The van der Waals surface area contributed by atoms with Crippen LogP contribution in [0, 0.1) is 0 Å². The van der Waals surface area contributed by atoms with Gasteiger partial charge < -0.3 is 4.90 Å². The lowest BCUT2D eigenvalue weighted by Gasteiger charge is -2.34. The molecule has 14 heavy (non-hydrogen) atoms. The first kappa shape index (κ1) is 12.4. The minimum Gasteiger partial charge on any atom is -0.339 e. The molecule has 1 heterocycles. The molecule has 2 nitrogen and oxygen atoms in total. The summed E-state index contributed by atoms with van der Waals surface area (Å²) in [5.41, 5.74) is 0. The van der Waals surface area contributed by atoms with Gasteiger partial charge in [-0.05, 0) is 38.2 Å². The van der Waals surface area contributed by atoms with Crippen LogP contribution >= 0.6 is 27.7 Å². The largest absolute Gasteiger partial charge is 0.339 e. The monoisotopic (exact) mass is 279 g/mol. The molecular weight excluding hydrogens is 262 g/mol. The molecule has 0 spiro atoms. The second kappa shape index (κ2) is 6.01. The molecule has 0 bridgehead atoms. The number of rotatable bonds is 4. The highest BCUT2D eigenvalue weighted by molar-refractivity contribution is 9.10. The maximum absolute atomic E-state index is 11.8. The van der Waals surface area contributed by atoms with Crippen LogP contribution in [-0.4, -0.2) is 40.2 Å². The van der Waals surface area contributed by atoms with Gasteiger partial charge in [-0.2, -0.15) is 11.8 Å². The van der Waals surface area contributed by atoms with E-state index in [1.807, 2.05) is 16.7 Å². The molecule has 2 unspecified atom stereocenters. The molecule has 1 amide bonds. The number of piperidine rings is 1. The van der Waals surface area contributed by atoms with E-state index in [9.17, 15) is 4.79 Å². The quantitative estimate of drug-likeness (QED) is 0.737. The van der Waals surface area contributed by atoms with Gasteiger partial charge in [0.25, 0.3) is 0 Å². The number of carbonyl (C=O) groups excluding carboxylic acids is 1. The van der Waals surface area contributed by atoms with Crippen molar-refractivity contribution in [2.75, 3.05) is 18.6 Å². The predicted molar refractivity (Wildman–Crippen MR) is 66.1 cm³/mol. The van der Waals surface area contributed by atoms with Gasteiger partial charge in [0.1, 0.15) is 0 Å². The lowest BCUT2D eigenvalue weighted by Crippen LogP contribution is -2.46. The lowest BCUT2D eigenvalue weighted by atomic mass is 10.1. The van der Waals surface area contributed by atoms with Gasteiger partial charge in [0.15, 0.2) is 0 Å². The summed E-state index contributed by atoms with van der Waals surface area (Å²) >= 11 is 5.28. The van der Waals surface area contributed by atoms with E-state index < -0.39 is 0 Å². The van der Waals surface area contributed by atoms with Crippen molar-refractivity contribution < 1.29 is 4.79 Å². The molecule has 1 fully saturated rings. The number of hydrogen-bond acceptors (Lipinski definition) is 2. The van der Waals surface area contributed by atoms with Crippen molar-refractivity contribution in [2.24, 2.45) is 0 Å². The molecule has 0 aromatic rings. The van der Waals surface area contributed by atoms with Crippen molar-refractivity contribution in [2.45, 2.75) is 37.1 Å². The Morgan fingerprint density at radius 3 is 3.07 bits per heavy atom. The lowest BCUT2D eigenvalue weighted by molar-refractivity contribution is -0.134. The molecule has 0 aliphatic carbocycles. The fraction of sp³-hybridized carbons (Fsp3) is 0.900. The van der Waals surface area contributed by atoms with Crippen LogP contribution in [0.15, 0.2) is 0 Å². The van der Waals surface area contributed by atoms with Gasteiger partial charge in [-0.3, -0.25) is 4.79 Å². The summed E-state index contributed by atoms with van der Waals surface area (Å²) < 4.78 is 0. The molecule has 2 atom stereocenters. The Kier molecular flexibility index (Phi) is 5.31. The topological polar surface area (TPSA) is 20.3 Å². The Balaban J connectivity index is 2.44. The van der Waals surface area contributed by atoms with E-state index in [0.717, 1.165) is 31.6 Å². The fourth-order valence-corrected chi connectivity index (χ4v) is 2.90. The Hall–Kier alpha value is 0.300. The average molecular weight is 280 g/mol. The van der Waals surface area contributed by atoms with E-state index in [0.29, 0.717) is 6.04 Å². The SMILES string of the molecule is CSCCC(C)N1CCCC(Br)C1=O. The first-order valence-corrected chi connectivity index (χ1v) is 7.41. The first-order valence-electron chi connectivity index (χ1n) is 5.10. The minimum atomic E-state index is 0.0629. The van der Waals surface area contributed by atoms with E-state index >= 15 is 0 Å². The van der Waals surface area contributed by atoms with Crippen LogP contribution in [0.25, 0.3) is 0 Å². The Morgan fingerprint density at radius 1 is 1.71 bits per heavy atom. The highest BCUT2D eigenvalue weighted by Gasteiger charge is 2.29. The number of thioether (sulfide) groups is 1. The maximum Gasteiger partial charge on any atom is 0.236 e. The van der Waals surface area contributed by atoms with E-state index in [1.54, 1.807) is 0 Å². The summed E-state index contributed by atoms with van der Waals surface area (Å²) in [6.07, 6.45) is 5.33. The second-order valence-electron chi connectivity index (χ2n) is 3.77. The zero-order chi connectivity index (χ0) is 10.6. The number of carbonyl (C=O) groups is 1. The van der Waals surface area contributed by atoms with E-state index in [-0.39, 0.29) is 10.7 Å². The molecule has 82 valence electrons. The van der Waals surface area contributed by atoms with Crippen LogP contribution < -0.4 is 0 Å². The van der Waals surface area contributed by atoms with Gasteiger partial charge in [0.05, 0.1) is 4.83 Å². The molecule has 0 aromatic carbocycles. The summed E-state index contributed by atoms with van der Waals surface area (Å²) in [6, 6.07) is 0.398. The fourth-order valence-electron chi connectivity index (χ4n) is 1.74. The summed E-state index contributed by atoms with van der Waals surface area (Å²) in [6.45, 7) is 3.09. The molecule has 1 rings (SSSR count). The van der Waals surface area contributed by atoms with E-state index in [2.05, 4.69) is 29.1 Å². The van der Waals surface area contributed by atoms with Crippen LogP contribution in [-0.2, 0) is 4.79 Å². The third kappa shape index (κ3) is 3.16. The summed E-state index contributed by atoms with van der Waals surface area (Å²) in [7, 11) is 0. The van der Waals surface area contributed by atoms with Gasteiger partial charge in [-0.25, -0.2) is 0 Å². The number of likely N-dealkylation sites (tertiary alicyclic amines) is 1. The first-order chi connectivity index (χ1) is 6.66. The maximum atomic E-state index is 11.8. The van der Waals surface area contributed by atoms with Gasteiger partial charge in [0.2, 0.25) is 5.91 Å². The summed E-state index contributed by atoms with van der Waals surface area (Å²) in [4.78, 5) is 13.9. The number of halogens is 1. The van der Waals surface area contributed by atoms with Gasteiger partial charge >= 0.3 is 0 Å². The number of hydrogen-bond donors (Lipinski definition) is 0. The number of nitrogens with zero attached hydrogens (tertiary/aromatic N) is 1. The highest BCUT2D eigenvalue weighted by Crippen LogP contribution is 2.21. The molecule has 1 aliphatic rings. The smallest absolute Gasteiger partial charge is 0.236 e.